The smallest absolute Gasteiger partial charge is 0.121 e. The number of aliphatic hydroxyl groups is 1. The largest absolute Gasteiger partial charge is 0.491 e. The van der Waals surface area contributed by atoms with Crippen LogP contribution in [0, 0.1) is 6.92 Å². The van der Waals surface area contributed by atoms with Gasteiger partial charge in [-0.15, -0.1) is 11.3 Å². The summed E-state index contributed by atoms with van der Waals surface area (Å²) in [6.45, 7) is 6.95. The molecule has 1 aromatic heterocycles. The molecule has 114 valence electrons. The number of rotatable bonds is 5. The highest BCUT2D eigenvalue weighted by Crippen LogP contribution is 2.25. The summed E-state index contributed by atoms with van der Waals surface area (Å²) in [6.07, 6.45) is -0.462. The van der Waals surface area contributed by atoms with Gasteiger partial charge in [-0.05, 0) is 19.1 Å². The van der Waals surface area contributed by atoms with Crippen molar-refractivity contribution in [2.75, 3.05) is 39.3 Å². The Morgan fingerprint density at radius 3 is 3.05 bits per heavy atom. The molecule has 6 heteroatoms. The van der Waals surface area contributed by atoms with Crippen molar-refractivity contribution >= 4 is 21.6 Å². The van der Waals surface area contributed by atoms with Gasteiger partial charge in [0, 0.05) is 38.8 Å². The molecular formula is C15H21N3O2S. The van der Waals surface area contributed by atoms with Crippen LogP contribution in [0.2, 0.25) is 0 Å². The number of hydrogen-bond acceptors (Lipinski definition) is 6. The highest BCUT2D eigenvalue weighted by atomic mass is 32.1. The Bertz CT molecular complexity index is 596. The molecule has 0 aliphatic carbocycles. The van der Waals surface area contributed by atoms with Gasteiger partial charge in [0.15, 0.2) is 0 Å². The molecule has 0 radical (unpaired) electrons. The number of thiazole rings is 1. The Hall–Kier alpha value is -1.21. The molecule has 3 rings (SSSR count). The molecule has 1 fully saturated rings. The van der Waals surface area contributed by atoms with Crippen molar-refractivity contribution in [2.24, 2.45) is 0 Å². The SMILES string of the molecule is Cc1nc2cc(OCC(O)CN3CCNCC3)ccc2s1. The predicted octanol–water partition coefficient (Wildman–Crippen LogP) is 1.25. The lowest BCUT2D eigenvalue weighted by Gasteiger charge is -2.28. The summed E-state index contributed by atoms with van der Waals surface area (Å²) in [5, 5.41) is 14.4. The van der Waals surface area contributed by atoms with E-state index in [9.17, 15) is 5.11 Å². The lowest BCUT2D eigenvalue weighted by Crippen LogP contribution is -2.47. The van der Waals surface area contributed by atoms with E-state index in [1.807, 2.05) is 25.1 Å². The molecule has 2 N–H and O–H groups in total. The standard InChI is InChI=1S/C15H21N3O2S/c1-11-17-14-8-13(2-3-15(14)21-11)20-10-12(19)9-18-6-4-16-5-7-18/h2-3,8,12,16,19H,4-7,9-10H2,1H3. The van der Waals surface area contributed by atoms with E-state index in [2.05, 4.69) is 15.2 Å². The molecular weight excluding hydrogens is 286 g/mol. The van der Waals surface area contributed by atoms with Crippen molar-refractivity contribution in [3.05, 3.63) is 23.2 Å². The fourth-order valence-electron chi connectivity index (χ4n) is 2.55. The summed E-state index contributed by atoms with van der Waals surface area (Å²) in [6, 6.07) is 5.91. The average molecular weight is 307 g/mol. The minimum atomic E-state index is -0.462. The van der Waals surface area contributed by atoms with Crippen molar-refractivity contribution in [3.63, 3.8) is 0 Å². The van der Waals surface area contributed by atoms with E-state index in [0.717, 1.165) is 42.5 Å². The van der Waals surface area contributed by atoms with Gasteiger partial charge in [-0.25, -0.2) is 4.98 Å². The number of ether oxygens (including phenoxy) is 1. The van der Waals surface area contributed by atoms with Gasteiger partial charge in [0.05, 0.1) is 15.2 Å². The van der Waals surface area contributed by atoms with Gasteiger partial charge in [0.2, 0.25) is 0 Å². The van der Waals surface area contributed by atoms with Gasteiger partial charge in [-0.2, -0.15) is 0 Å². The summed E-state index contributed by atoms with van der Waals surface area (Å²) in [5.41, 5.74) is 0.964. The Balaban J connectivity index is 1.52. The Morgan fingerprint density at radius 1 is 1.43 bits per heavy atom. The minimum Gasteiger partial charge on any atom is -0.491 e. The van der Waals surface area contributed by atoms with Crippen LogP contribution in [-0.2, 0) is 0 Å². The van der Waals surface area contributed by atoms with Crippen LogP contribution in [0.25, 0.3) is 10.2 Å². The summed E-state index contributed by atoms with van der Waals surface area (Å²) >= 11 is 1.68. The molecule has 1 aliphatic heterocycles. The number of hydrogen-bond donors (Lipinski definition) is 2. The first-order valence-corrected chi connectivity index (χ1v) is 8.13. The number of aryl methyl sites for hydroxylation is 1. The zero-order chi connectivity index (χ0) is 14.7. The summed E-state index contributed by atoms with van der Waals surface area (Å²) in [4.78, 5) is 6.72. The number of aliphatic hydroxyl groups excluding tert-OH is 1. The lowest BCUT2D eigenvalue weighted by molar-refractivity contribution is 0.0642. The Kier molecular flexibility index (Phi) is 4.70. The third-order valence-corrected chi connectivity index (χ3v) is 4.54. The zero-order valence-electron chi connectivity index (χ0n) is 12.2. The van der Waals surface area contributed by atoms with Crippen molar-refractivity contribution in [3.8, 4) is 5.75 Å². The van der Waals surface area contributed by atoms with Gasteiger partial charge < -0.3 is 15.2 Å². The van der Waals surface area contributed by atoms with Crippen LogP contribution >= 0.6 is 11.3 Å². The number of nitrogens with one attached hydrogen (secondary N) is 1. The van der Waals surface area contributed by atoms with Crippen molar-refractivity contribution in [1.82, 2.24) is 15.2 Å². The van der Waals surface area contributed by atoms with Crippen LogP contribution < -0.4 is 10.1 Å². The zero-order valence-corrected chi connectivity index (χ0v) is 13.0. The molecule has 1 atom stereocenters. The van der Waals surface area contributed by atoms with E-state index in [1.54, 1.807) is 11.3 Å². The number of nitrogens with zero attached hydrogens (tertiary/aromatic N) is 2. The molecule has 5 nitrogen and oxygen atoms in total. The van der Waals surface area contributed by atoms with Crippen molar-refractivity contribution in [2.45, 2.75) is 13.0 Å². The molecule has 1 aromatic carbocycles. The van der Waals surface area contributed by atoms with Gasteiger partial charge in [0.25, 0.3) is 0 Å². The van der Waals surface area contributed by atoms with Crippen LogP contribution in [0.15, 0.2) is 18.2 Å². The minimum absolute atomic E-state index is 0.318. The summed E-state index contributed by atoms with van der Waals surface area (Å²) in [7, 11) is 0. The summed E-state index contributed by atoms with van der Waals surface area (Å²) < 4.78 is 6.87. The normalized spacial score (nSPS) is 18.0. The Labute approximate surface area is 128 Å². The van der Waals surface area contributed by atoms with Crippen LogP contribution in [-0.4, -0.2) is 60.4 Å². The topological polar surface area (TPSA) is 57.6 Å². The van der Waals surface area contributed by atoms with Gasteiger partial charge in [-0.3, -0.25) is 4.90 Å². The average Bonchev–Trinajstić information content (AvgIpc) is 2.85. The maximum atomic E-state index is 10.1. The number of β-amino-alcohol motifs (C(OH)–C–C–N with tert-alkyl or cyclic N) is 1. The maximum absolute atomic E-state index is 10.1. The van der Waals surface area contributed by atoms with E-state index >= 15 is 0 Å². The highest BCUT2D eigenvalue weighted by Gasteiger charge is 2.14. The van der Waals surface area contributed by atoms with Crippen LogP contribution in [0.1, 0.15) is 5.01 Å². The summed E-state index contributed by atoms with van der Waals surface area (Å²) in [5.74, 6) is 0.771. The second-order valence-electron chi connectivity index (χ2n) is 5.38. The fraction of sp³-hybridized carbons (Fsp3) is 0.533. The molecule has 0 amide bonds. The molecule has 0 bridgehead atoms. The molecule has 0 spiro atoms. The molecule has 21 heavy (non-hydrogen) atoms. The van der Waals surface area contributed by atoms with Gasteiger partial charge in [0.1, 0.15) is 18.5 Å². The number of aromatic nitrogens is 1. The van der Waals surface area contributed by atoms with E-state index < -0.39 is 6.10 Å². The van der Waals surface area contributed by atoms with Crippen molar-refractivity contribution < 1.29 is 9.84 Å². The number of piperazine rings is 1. The van der Waals surface area contributed by atoms with E-state index in [4.69, 9.17) is 4.74 Å². The molecule has 1 unspecified atom stereocenters. The number of fused-ring (bicyclic) bond motifs is 1. The predicted molar refractivity (Wildman–Crippen MR) is 85.2 cm³/mol. The van der Waals surface area contributed by atoms with Crippen LogP contribution in [0.4, 0.5) is 0 Å². The van der Waals surface area contributed by atoms with E-state index in [0.29, 0.717) is 13.2 Å². The third-order valence-electron chi connectivity index (χ3n) is 3.59. The maximum Gasteiger partial charge on any atom is 0.121 e. The molecule has 2 aromatic rings. The Morgan fingerprint density at radius 2 is 2.24 bits per heavy atom. The first-order chi connectivity index (χ1) is 10.2. The lowest BCUT2D eigenvalue weighted by atomic mass is 10.3. The van der Waals surface area contributed by atoms with E-state index in [1.165, 1.54) is 4.70 Å². The second kappa shape index (κ2) is 6.70. The fourth-order valence-corrected chi connectivity index (χ4v) is 3.36. The van der Waals surface area contributed by atoms with Gasteiger partial charge in [-0.1, -0.05) is 0 Å². The highest BCUT2D eigenvalue weighted by molar-refractivity contribution is 7.18. The molecule has 0 saturated carbocycles. The monoisotopic (exact) mass is 307 g/mol. The van der Waals surface area contributed by atoms with Crippen LogP contribution in [0.5, 0.6) is 5.75 Å². The number of benzene rings is 1. The van der Waals surface area contributed by atoms with Gasteiger partial charge >= 0.3 is 0 Å². The first-order valence-electron chi connectivity index (χ1n) is 7.32. The van der Waals surface area contributed by atoms with E-state index in [-0.39, 0.29) is 0 Å². The molecule has 1 aliphatic rings. The first kappa shape index (κ1) is 14.7. The van der Waals surface area contributed by atoms with Crippen LogP contribution in [0.3, 0.4) is 0 Å². The van der Waals surface area contributed by atoms with Crippen molar-refractivity contribution in [1.29, 1.82) is 0 Å². The third kappa shape index (κ3) is 3.91. The second-order valence-corrected chi connectivity index (χ2v) is 6.61. The molecule has 2 heterocycles. The molecule has 1 saturated heterocycles. The quantitative estimate of drug-likeness (QED) is 0.871.